The second-order valence-corrected chi connectivity index (χ2v) is 8.58. The zero-order chi connectivity index (χ0) is 28.8. The highest BCUT2D eigenvalue weighted by atomic mass is 19.2. The topological polar surface area (TPSA) is 36.1 Å². The fourth-order valence-electron chi connectivity index (χ4n) is 3.79. The Kier molecular flexibility index (Phi) is 7.40. The number of anilines is 6. The third-order valence-electron chi connectivity index (χ3n) is 5.99. The molecular weight excluding hydrogens is 537 g/mol. The third kappa shape index (κ3) is 5.06. The predicted octanol–water partition coefficient (Wildman–Crippen LogP) is 9.09. The Hall–Kier alpha value is -4.35. The van der Waals surface area contributed by atoms with Gasteiger partial charge in [0.25, 0.3) is 0 Å². The fraction of sp³-hybridized carbons (Fsp3) is 0.111. The number of rotatable bonds is 6. The molecule has 3 nitrogen and oxygen atoms in total. The van der Waals surface area contributed by atoms with Crippen LogP contribution in [0, 0.1) is 73.1 Å². The molecule has 204 valence electrons. The molecule has 3 N–H and O–H groups in total. The minimum absolute atomic E-state index is 0.161. The average molecular weight is 555 g/mol. The van der Waals surface area contributed by atoms with Crippen LogP contribution in [-0.4, -0.2) is 0 Å². The Morgan fingerprint density at radius 2 is 0.718 bits per heavy atom. The van der Waals surface area contributed by atoms with Gasteiger partial charge in [-0.3, -0.25) is 0 Å². The van der Waals surface area contributed by atoms with Crippen LogP contribution in [0.15, 0.2) is 36.4 Å². The molecule has 39 heavy (non-hydrogen) atoms. The van der Waals surface area contributed by atoms with Crippen molar-refractivity contribution in [1.82, 2.24) is 0 Å². The van der Waals surface area contributed by atoms with E-state index in [4.69, 9.17) is 0 Å². The van der Waals surface area contributed by atoms with Crippen molar-refractivity contribution in [2.75, 3.05) is 16.0 Å². The minimum atomic E-state index is -1.44. The second-order valence-electron chi connectivity index (χ2n) is 8.58. The molecule has 0 atom stereocenters. The van der Waals surface area contributed by atoms with Gasteiger partial charge in [0.15, 0.2) is 52.4 Å². The molecule has 4 aromatic carbocycles. The first-order chi connectivity index (χ1) is 18.3. The monoisotopic (exact) mass is 555 g/mol. The molecule has 0 bridgehead atoms. The number of benzene rings is 4. The minimum Gasteiger partial charge on any atom is -0.351 e. The van der Waals surface area contributed by atoms with Crippen molar-refractivity contribution in [3.63, 3.8) is 0 Å². The van der Waals surface area contributed by atoms with Gasteiger partial charge < -0.3 is 16.0 Å². The molecule has 0 aliphatic carbocycles. The van der Waals surface area contributed by atoms with Crippen LogP contribution in [0.3, 0.4) is 0 Å². The van der Waals surface area contributed by atoms with E-state index in [1.54, 1.807) is 0 Å². The lowest BCUT2D eigenvalue weighted by Gasteiger charge is -2.21. The molecule has 0 heterocycles. The van der Waals surface area contributed by atoms with E-state index in [-0.39, 0.29) is 17.1 Å². The van der Waals surface area contributed by atoms with Crippen LogP contribution >= 0.6 is 0 Å². The summed E-state index contributed by atoms with van der Waals surface area (Å²) < 4.78 is 128. The third-order valence-corrected chi connectivity index (χ3v) is 5.99. The van der Waals surface area contributed by atoms with Gasteiger partial charge in [0.05, 0.1) is 34.1 Å². The fourth-order valence-corrected chi connectivity index (χ4v) is 3.79. The highest BCUT2D eigenvalue weighted by Crippen LogP contribution is 2.40. The van der Waals surface area contributed by atoms with Gasteiger partial charge in [-0.05, 0) is 32.9 Å². The zero-order valence-electron chi connectivity index (χ0n) is 20.4. The molecule has 12 heteroatoms. The number of nitrogens with one attached hydrogen (secondary N) is 3. The van der Waals surface area contributed by atoms with Crippen molar-refractivity contribution < 1.29 is 39.5 Å². The summed E-state index contributed by atoms with van der Waals surface area (Å²) in [6, 6.07) is 5.37. The summed E-state index contributed by atoms with van der Waals surface area (Å²) in [5.74, 6) is -12.0. The van der Waals surface area contributed by atoms with Crippen LogP contribution < -0.4 is 16.0 Å². The van der Waals surface area contributed by atoms with Gasteiger partial charge in [-0.2, -0.15) is 0 Å². The number of halogens is 9. The van der Waals surface area contributed by atoms with Crippen molar-refractivity contribution in [2.45, 2.75) is 20.8 Å². The average Bonchev–Trinajstić information content (AvgIpc) is 2.91. The summed E-state index contributed by atoms with van der Waals surface area (Å²) in [6.07, 6.45) is 0. The summed E-state index contributed by atoms with van der Waals surface area (Å²) in [7, 11) is 0. The van der Waals surface area contributed by atoms with Gasteiger partial charge in [-0.25, -0.2) is 39.5 Å². The van der Waals surface area contributed by atoms with Crippen LogP contribution in [0.4, 0.5) is 73.6 Å². The van der Waals surface area contributed by atoms with Crippen LogP contribution in [0.25, 0.3) is 0 Å². The Morgan fingerprint density at radius 1 is 0.410 bits per heavy atom. The molecule has 4 rings (SSSR count). The molecule has 0 unspecified atom stereocenters. The Labute approximate surface area is 216 Å². The van der Waals surface area contributed by atoms with Crippen molar-refractivity contribution in [3.05, 3.63) is 105 Å². The summed E-state index contributed by atoms with van der Waals surface area (Å²) in [6.45, 7) is 2.95. The van der Waals surface area contributed by atoms with Gasteiger partial charge in [0.2, 0.25) is 0 Å². The van der Waals surface area contributed by atoms with Crippen molar-refractivity contribution in [1.29, 1.82) is 0 Å². The summed E-state index contributed by atoms with van der Waals surface area (Å²) in [4.78, 5) is 0. The maximum Gasteiger partial charge on any atom is 0.164 e. The molecule has 0 aromatic heterocycles. The SMILES string of the molecule is Cc1c(F)c(F)cc(Nc2cccc(Nc3cc(F)c(F)c(C)c3F)c2Nc2cc(F)c(F)c(C)c2F)c1F. The molecular formula is C27H18F9N3. The van der Waals surface area contributed by atoms with Crippen LogP contribution in [0.1, 0.15) is 16.7 Å². The lowest BCUT2D eigenvalue weighted by atomic mass is 10.1. The van der Waals surface area contributed by atoms with E-state index in [1.807, 2.05) is 0 Å². The number of hydrogen-bond donors (Lipinski definition) is 3. The maximum absolute atomic E-state index is 14.9. The van der Waals surface area contributed by atoms with Gasteiger partial charge >= 0.3 is 0 Å². The molecule has 0 spiro atoms. The highest BCUT2D eigenvalue weighted by molar-refractivity contribution is 5.90. The highest BCUT2D eigenvalue weighted by Gasteiger charge is 2.22. The van der Waals surface area contributed by atoms with E-state index in [0.717, 1.165) is 20.8 Å². The molecule has 0 amide bonds. The summed E-state index contributed by atoms with van der Waals surface area (Å²) in [5.41, 5.74) is -4.27. The Morgan fingerprint density at radius 3 is 1.05 bits per heavy atom. The first-order valence-electron chi connectivity index (χ1n) is 11.2. The molecule has 0 fully saturated rings. The first-order valence-corrected chi connectivity index (χ1v) is 11.2. The molecule has 0 aliphatic heterocycles. The summed E-state index contributed by atoms with van der Waals surface area (Å²) in [5, 5.41) is 7.49. The second kappa shape index (κ2) is 10.4. The molecule has 0 saturated carbocycles. The van der Waals surface area contributed by atoms with Crippen LogP contribution in [0.2, 0.25) is 0 Å². The van der Waals surface area contributed by atoms with E-state index < -0.39 is 86.1 Å². The van der Waals surface area contributed by atoms with Crippen molar-refractivity contribution >= 4 is 34.1 Å². The van der Waals surface area contributed by atoms with Gasteiger partial charge in [-0.15, -0.1) is 0 Å². The van der Waals surface area contributed by atoms with Gasteiger partial charge in [0.1, 0.15) is 0 Å². The van der Waals surface area contributed by atoms with E-state index in [2.05, 4.69) is 16.0 Å². The van der Waals surface area contributed by atoms with E-state index in [0.29, 0.717) is 18.2 Å². The van der Waals surface area contributed by atoms with Gasteiger partial charge in [0, 0.05) is 34.9 Å². The Balaban J connectivity index is 1.89. The smallest absolute Gasteiger partial charge is 0.164 e. The zero-order valence-corrected chi connectivity index (χ0v) is 20.4. The molecule has 0 radical (unpaired) electrons. The van der Waals surface area contributed by atoms with E-state index in [9.17, 15) is 39.5 Å². The van der Waals surface area contributed by atoms with E-state index in [1.165, 1.54) is 18.2 Å². The molecule has 0 aliphatic rings. The Bertz CT molecular complexity index is 1540. The van der Waals surface area contributed by atoms with Crippen molar-refractivity contribution in [3.8, 4) is 0 Å². The maximum atomic E-state index is 14.9. The van der Waals surface area contributed by atoms with Crippen LogP contribution in [-0.2, 0) is 0 Å². The normalized spacial score (nSPS) is 11.1. The largest absolute Gasteiger partial charge is 0.351 e. The van der Waals surface area contributed by atoms with Crippen molar-refractivity contribution in [2.24, 2.45) is 0 Å². The predicted molar refractivity (Wildman–Crippen MR) is 129 cm³/mol. The molecule has 4 aromatic rings. The lowest BCUT2D eigenvalue weighted by Crippen LogP contribution is -2.08. The number of para-hydroxylation sites is 1. The van der Waals surface area contributed by atoms with E-state index >= 15 is 0 Å². The summed E-state index contributed by atoms with van der Waals surface area (Å²) >= 11 is 0. The standard InChI is InChI=1S/C27H18F9N3/c1-10-21(31)13(28)7-18(24(10)34)37-16-5-4-6-17(38-19-8-14(29)22(32)11(2)25(19)35)27(16)39-20-9-15(30)23(33)12(3)26(20)36/h4-9,37-39H,1-3H3. The van der Waals surface area contributed by atoms with Crippen LogP contribution in [0.5, 0.6) is 0 Å². The number of hydrogen-bond acceptors (Lipinski definition) is 3. The first kappa shape index (κ1) is 27.7. The molecule has 0 saturated heterocycles. The quantitative estimate of drug-likeness (QED) is 0.164. The lowest BCUT2D eigenvalue weighted by molar-refractivity contribution is 0.487. The van der Waals surface area contributed by atoms with Gasteiger partial charge in [-0.1, -0.05) is 6.07 Å².